The third kappa shape index (κ3) is 7.79. The maximum atomic E-state index is 11.8. The molecule has 0 fully saturated rings. The van der Waals surface area contributed by atoms with Gasteiger partial charge in [-0.15, -0.1) is 0 Å². The fraction of sp³-hybridized carbons (Fsp3) is 0.556. The molecule has 0 saturated carbocycles. The Balaban J connectivity index is 2.22. The summed E-state index contributed by atoms with van der Waals surface area (Å²) in [6, 6.07) is 10.4. The van der Waals surface area contributed by atoms with E-state index >= 15 is 0 Å². The van der Waals surface area contributed by atoms with Gasteiger partial charge in [-0.3, -0.25) is 14.5 Å². The molecule has 0 radical (unpaired) electrons. The summed E-state index contributed by atoms with van der Waals surface area (Å²) in [4.78, 5) is 25.9. The Hall–Kier alpha value is -1.88. The molecule has 0 aliphatic rings. The minimum absolute atomic E-state index is 0.0228. The van der Waals surface area contributed by atoms with Crippen molar-refractivity contribution in [1.29, 1.82) is 0 Å². The largest absolute Gasteiger partial charge is 0.353 e. The van der Waals surface area contributed by atoms with Crippen molar-refractivity contribution in [2.45, 2.75) is 46.2 Å². The monoisotopic (exact) mass is 319 g/mol. The lowest BCUT2D eigenvalue weighted by atomic mass is 10.1. The van der Waals surface area contributed by atoms with E-state index in [2.05, 4.69) is 43.2 Å². The second-order valence-corrected chi connectivity index (χ2v) is 6.21. The topological polar surface area (TPSA) is 61.4 Å². The summed E-state index contributed by atoms with van der Waals surface area (Å²) in [5, 5.41) is 5.50. The molecule has 0 unspecified atom stereocenters. The van der Waals surface area contributed by atoms with Crippen molar-refractivity contribution in [2.75, 3.05) is 19.6 Å². The van der Waals surface area contributed by atoms with Crippen LogP contribution in [-0.2, 0) is 16.0 Å². The Morgan fingerprint density at radius 3 is 2.13 bits per heavy atom. The van der Waals surface area contributed by atoms with E-state index in [0.717, 1.165) is 12.1 Å². The number of carbonyl (C=O) groups excluding carboxylic acids is 2. The third-order valence-electron chi connectivity index (χ3n) is 3.67. The molecule has 2 amide bonds. The van der Waals surface area contributed by atoms with Gasteiger partial charge in [0, 0.05) is 25.2 Å². The summed E-state index contributed by atoms with van der Waals surface area (Å²) in [5.74, 6) is -0.295. The second kappa shape index (κ2) is 10.0. The molecule has 128 valence electrons. The van der Waals surface area contributed by atoms with Gasteiger partial charge in [-0.25, -0.2) is 0 Å². The highest BCUT2D eigenvalue weighted by Gasteiger charge is 2.13. The van der Waals surface area contributed by atoms with Gasteiger partial charge in [-0.1, -0.05) is 30.3 Å². The van der Waals surface area contributed by atoms with Gasteiger partial charge in [0.05, 0.1) is 13.0 Å². The molecule has 0 aromatic heterocycles. The number of rotatable bonds is 9. The highest BCUT2D eigenvalue weighted by molar-refractivity contribution is 5.85. The number of hydrogen-bond donors (Lipinski definition) is 2. The van der Waals surface area contributed by atoms with Gasteiger partial charge in [0.15, 0.2) is 0 Å². The summed E-state index contributed by atoms with van der Waals surface area (Å²) < 4.78 is 0. The van der Waals surface area contributed by atoms with E-state index in [1.54, 1.807) is 0 Å². The van der Waals surface area contributed by atoms with Crippen molar-refractivity contribution >= 4 is 11.8 Å². The Bertz CT molecular complexity index is 478. The van der Waals surface area contributed by atoms with Crippen LogP contribution < -0.4 is 10.6 Å². The summed E-state index contributed by atoms with van der Waals surface area (Å²) in [6.45, 7) is 9.99. The second-order valence-electron chi connectivity index (χ2n) is 6.21. The molecule has 0 spiro atoms. The van der Waals surface area contributed by atoms with Crippen molar-refractivity contribution in [2.24, 2.45) is 0 Å². The Morgan fingerprint density at radius 2 is 1.57 bits per heavy atom. The minimum Gasteiger partial charge on any atom is -0.353 e. The molecule has 0 aliphatic carbocycles. The number of nitrogens with one attached hydrogen (secondary N) is 2. The number of benzene rings is 1. The molecule has 5 nitrogen and oxygen atoms in total. The quantitative estimate of drug-likeness (QED) is 0.726. The molecule has 1 aromatic carbocycles. The Kier molecular flexibility index (Phi) is 8.33. The smallest absolute Gasteiger partial charge is 0.239 e. The van der Waals surface area contributed by atoms with E-state index in [-0.39, 0.29) is 18.4 Å². The van der Waals surface area contributed by atoms with E-state index in [9.17, 15) is 9.59 Å². The molecule has 0 bridgehead atoms. The van der Waals surface area contributed by atoms with Crippen molar-refractivity contribution in [3.05, 3.63) is 35.9 Å². The van der Waals surface area contributed by atoms with Crippen LogP contribution in [0.3, 0.4) is 0 Å². The van der Waals surface area contributed by atoms with Gasteiger partial charge in [0.2, 0.25) is 11.8 Å². The number of hydrogen-bond acceptors (Lipinski definition) is 3. The summed E-state index contributed by atoms with van der Waals surface area (Å²) in [6.07, 6.45) is 0.294. The van der Waals surface area contributed by atoms with Crippen LogP contribution in [0.5, 0.6) is 0 Å². The fourth-order valence-electron chi connectivity index (χ4n) is 2.52. The first-order valence-corrected chi connectivity index (χ1v) is 8.23. The van der Waals surface area contributed by atoms with Crippen molar-refractivity contribution in [1.82, 2.24) is 15.5 Å². The number of carbonyl (C=O) groups is 2. The minimum atomic E-state index is -0.154. The molecule has 2 N–H and O–H groups in total. The van der Waals surface area contributed by atoms with Crippen molar-refractivity contribution in [3.63, 3.8) is 0 Å². The maximum Gasteiger partial charge on any atom is 0.239 e. The van der Waals surface area contributed by atoms with Gasteiger partial charge in [0.1, 0.15) is 0 Å². The van der Waals surface area contributed by atoms with Crippen LogP contribution >= 0.6 is 0 Å². The predicted octanol–water partition coefficient (Wildman–Crippen LogP) is 1.58. The van der Waals surface area contributed by atoms with E-state index in [1.807, 2.05) is 30.3 Å². The Morgan fingerprint density at radius 1 is 0.957 bits per heavy atom. The van der Waals surface area contributed by atoms with Gasteiger partial charge in [-0.05, 0) is 33.3 Å². The summed E-state index contributed by atoms with van der Waals surface area (Å²) in [7, 11) is 0. The molecule has 5 heteroatoms. The first kappa shape index (κ1) is 19.2. The lowest BCUT2D eigenvalue weighted by Gasteiger charge is -2.30. The zero-order chi connectivity index (χ0) is 17.2. The molecule has 0 saturated heterocycles. The molecular weight excluding hydrogens is 290 g/mol. The van der Waals surface area contributed by atoms with Crippen LogP contribution in [0.4, 0.5) is 0 Å². The van der Waals surface area contributed by atoms with E-state index in [0.29, 0.717) is 25.0 Å². The average molecular weight is 319 g/mol. The fourth-order valence-corrected chi connectivity index (χ4v) is 2.52. The molecular formula is C18H29N3O2. The van der Waals surface area contributed by atoms with Crippen LogP contribution in [0.15, 0.2) is 30.3 Å². The molecule has 0 heterocycles. The van der Waals surface area contributed by atoms with E-state index in [1.165, 1.54) is 0 Å². The van der Waals surface area contributed by atoms with Gasteiger partial charge < -0.3 is 10.6 Å². The zero-order valence-electron chi connectivity index (χ0n) is 14.6. The molecule has 23 heavy (non-hydrogen) atoms. The van der Waals surface area contributed by atoms with Gasteiger partial charge >= 0.3 is 0 Å². The van der Waals surface area contributed by atoms with Crippen LogP contribution in [0.1, 0.15) is 33.3 Å². The van der Waals surface area contributed by atoms with Crippen LogP contribution in [0, 0.1) is 0 Å². The third-order valence-corrected chi connectivity index (χ3v) is 3.67. The standard InChI is InChI=1S/C18H29N3O2/c1-14(2)21(15(3)4)11-10-19-18(23)13-20-17(22)12-16-8-6-5-7-9-16/h5-9,14-15H,10-13H2,1-4H3,(H,19,23)(H,20,22). The van der Waals surface area contributed by atoms with Crippen LogP contribution in [0.25, 0.3) is 0 Å². The van der Waals surface area contributed by atoms with Crippen molar-refractivity contribution < 1.29 is 9.59 Å². The van der Waals surface area contributed by atoms with E-state index < -0.39 is 0 Å². The van der Waals surface area contributed by atoms with Crippen molar-refractivity contribution in [3.8, 4) is 0 Å². The molecule has 0 aliphatic heterocycles. The molecule has 1 aromatic rings. The zero-order valence-corrected chi connectivity index (χ0v) is 14.6. The lowest BCUT2D eigenvalue weighted by Crippen LogP contribution is -2.44. The molecule has 0 atom stereocenters. The highest BCUT2D eigenvalue weighted by Crippen LogP contribution is 2.03. The lowest BCUT2D eigenvalue weighted by molar-refractivity contribution is -0.125. The van der Waals surface area contributed by atoms with Gasteiger partial charge in [-0.2, -0.15) is 0 Å². The summed E-state index contributed by atoms with van der Waals surface area (Å²) >= 11 is 0. The van der Waals surface area contributed by atoms with Gasteiger partial charge in [0.25, 0.3) is 0 Å². The highest BCUT2D eigenvalue weighted by atomic mass is 16.2. The number of amides is 2. The maximum absolute atomic E-state index is 11.8. The van der Waals surface area contributed by atoms with Crippen LogP contribution in [-0.4, -0.2) is 48.4 Å². The Labute approximate surface area is 139 Å². The SMILES string of the molecule is CC(C)N(CCNC(=O)CNC(=O)Cc1ccccc1)C(C)C. The van der Waals surface area contributed by atoms with Crippen LogP contribution in [0.2, 0.25) is 0 Å². The number of nitrogens with zero attached hydrogens (tertiary/aromatic N) is 1. The first-order chi connectivity index (χ1) is 10.9. The first-order valence-electron chi connectivity index (χ1n) is 8.23. The molecule has 1 rings (SSSR count). The average Bonchev–Trinajstić information content (AvgIpc) is 2.49. The normalized spacial score (nSPS) is 11.1. The van der Waals surface area contributed by atoms with E-state index in [4.69, 9.17) is 0 Å². The summed E-state index contributed by atoms with van der Waals surface area (Å²) in [5.41, 5.74) is 0.940. The predicted molar refractivity (Wildman–Crippen MR) is 93.1 cm³/mol.